The molecule has 2 atom stereocenters. The number of nitro groups is 1. The van der Waals surface area contributed by atoms with Gasteiger partial charge in [-0.05, 0) is 61.7 Å². The van der Waals surface area contributed by atoms with Crippen molar-refractivity contribution in [3.05, 3.63) is 70.3 Å². The number of benzene rings is 3. The second-order valence-electron chi connectivity index (χ2n) is 9.96. The van der Waals surface area contributed by atoms with Gasteiger partial charge in [0.15, 0.2) is 11.5 Å². The number of nitro benzene ring substituents is 1. The van der Waals surface area contributed by atoms with E-state index in [1.807, 2.05) is 18.0 Å². The highest BCUT2D eigenvalue weighted by Gasteiger charge is 2.32. The van der Waals surface area contributed by atoms with Crippen molar-refractivity contribution in [2.24, 2.45) is 4.99 Å². The Kier molecular flexibility index (Phi) is 8.75. The van der Waals surface area contributed by atoms with Gasteiger partial charge in [-0.1, -0.05) is 6.92 Å². The molecule has 0 aromatic heterocycles. The number of fused-ring (bicyclic) bond motifs is 2. The van der Waals surface area contributed by atoms with Gasteiger partial charge in [-0.15, -0.1) is 0 Å². The van der Waals surface area contributed by atoms with Crippen LogP contribution >= 0.6 is 0 Å². The maximum atomic E-state index is 13.1. The van der Waals surface area contributed by atoms with Crippen molar-refractivity contribution in [1.82, 2.24) is 4.90 Å². The van der Waals surface area contributed by atoms with E-state index in [0.29, 0.717) is 59.4 Å². The van der Waals surface area contributed by atoms with Gasteiger partial charge in [-0.2, -0.15) is 0 Å². The first-order chi connectivity index (χ1) is 20.4. The number of ether oxygens (including phenoxy) is 5. The average Bonchev–Trinajstić information content (AvgIpc) is 3.44. The van der Waals surface area contributed by atoms with Crippen LogP contribution in [0.25, 0.3) is 0 Å². The predicted octanol–water partition coefficient (Wildman–Crippen LogP) is 6.35. The quantitative estimate of drug-likeness (QED) is 0.181. The van der Waals surface area contributed by atoms with Crippen LogP contribution in [-0.2, 0) is 0 Å². The molecule has 0 radical (unpaired) electrons. The molecule has 0 spiro atoms. The minimum atomic E-state index is -0.502. The molecule has 5 rings (SSSR count). The van der Waals surface area contributed by atoms with Crippen LogP contribution in [0.3, 0.4) is 0 Å². The topological polar surface area (TPSA) is 122 Å². The number of aliphatic imine (C=N–C) groups is 1. The van der Waals surface area contributed by atoms with Crippen molar-refractivity contribution in [1.29, 1.82) is 0 Å². The number of nitrogens with zero attached hydrogens (tertiary/aromatic N) is 3. The molecule has 2 heterocycles. The summed E-state index contributed by atoms with van der Waals surface area (Å²) in [5.74, 6) is 2.43. The molecule has 1 amide bonds. The number of amides is 1. The van der Waals surface area contributed by atoms with Crippen LogP contribution in [0.4, 0.5) is 11.4 Å². The third kappa shape index (κ3) is 6.24. The van der Waals surface area contributed by atoms with E-state index in [9.17, 15) is 14.9 Å². The molecule has 2 aliphatic heterocycles. The lowest BCUT2D eigenvalue weighted by Gasteiger charge is -2.21. The van der Waals surface area contributed by atoms with Gasteiger partial charge >= 0.3 is 5.69 Å². The molecule has 11 nitrogen and oxygen atoms in total. The van der Waals surface area contributed by atoms with Crippen LogP contribution in [-0.4, -0.2) is 61.5 Å². The first-order valence-electron chi connectivity index (χ1n) is 13.9. The zero-order valence-corrected chi connectivity index (χ0v) is 23.8. The Bertz CT molecular complexity index is 1470. The first kappa shape index (κ1) is 28.7. The molecule has 1 saturated heterocycles. The van der Waals surface area contributed by atoms with E-state index in [1.165, 1.54) is 19.2 Å². The van der Waals surface area contributed by atoms with Crippen molar-refractivity contribution in [3.8, 4) is 34.5 Å². The Morgan fingerprint density at radius 1 is 1.00 bits per heavy atom. The zero-order chi connectivity index (χ0) is 29.6. The summed E-state index contributed by atoms with van der Waals surface area (Å²) in [5, 5.41) is 11.8. The molecule has 11 heteroatoms. The molecule has 2 aliphatic rings. The van der Waals surface area contributed by atoms with Crippen LogP contribution in [0.2, 0.25) is 0 Å². The lowest BCUT2D eigenvalue weighted by molar-refractivity contribution is -0.385. The fourth-order valence-corrected chi connectivity index (χ4v) is 5.03. The molecule has 3 aromatic rings. The van der Waals surface area contributed by atoms with E-state index in [1.54, 1.807) is 49.6 Å². The van der Waals surface area contributed by atoms with E-state index in [4.69, 9.17) is 23.7 Å². The molecule has 0 aliphatic carbocycles. The van der Waals surface area contributed by atoms with Gasteiger partial charge in [0.05, 0.1) is 49.1 Å². The van der Waals surface area contributed by atoms with Gasteiger partial charge in [-0.25, -0.2) is 0 Å². The smallest absolute Gasteiger partial charge is 0.315 e. The fraction of sp³-hybridized carbons (Fsp3) is 0.355. The number of methoxy groups -OCH3 is 2. The van der Waals surface area contributed by atoms with E-state index in [2.05, 4.69) is 4.99 Å². The van der Waals surface area contributed by atoms with Crippen LogP contribution in [0.1, 0.15) is 43.0 Å². The predicted molar refractivity (Wildman–Crippen MR) is 156 cm³/mol. The Labute approximate surface area is 243 Å². The summed E-state index contributed by atoms with van der Waals surface area (Å²) in [6.45, 7) is 2.98. The number of carbonyl (C=O) groups is 1. The standard InChI is InChI=1S/C31H33N3O8/c1-4-21(41-24-11-12-28(27(16-24)34(36)37)42-23-9-7-22(38-2)8-10-23)13-15-40-30-18-26-25(17-29(30)39-3)31(35)33-14-5-6-20(33)19-32-26/h7-12,16-21H,4-6,13-15H2,1-3H3/t20-,21?/m0/s1. The molecule has 0 bridgehead atoms. The lowest BCUT2D eigenvalue weighted by Crippen LogP contribution is -2.35. The Morgan fingerprint density at radius 3 is 2.48 bits per heavy atom. The van der Waals surface area contributed by atoms with Crippen molar-refractivity contribution >= 4 is 23.5 Å². The minimum Gasteiger partial charge on any atom is -0.497 e. The lowest BCUT2D eigenvalue weighted by atomic mass is 10.1. The number of hydrogen-bond acceptors (Lipinski definition) is 9. The van der Waals surface area contributed by atoms with Crippen LogP contribution in [0.15, 0.2) is 59.6 Å². The summed E-state index contributed by atoms with van der Waals surface area (Å²) in [6, 6.07) is 14.7. The maximum Gasteiger partial charge on any atom is 0.315 e. The monoisotopic (exact) mass is 575 g/mol. The van der Waals surface area contributed by atoms with Gasteiger partial charge in [0.25, 0.3) is 5.91 Å². The van der Waals surface area contributed by atoms with Crippen LogP contribution < -0.4 is 23.7 Å². The van der Waals surface area contributed by atoms with E-state index in [-0.39, 0.29) is 29.5 Å². The van der Waals surface area contributed by atoms with E-state index in [0.717, 1.165) is 19.4 Å². The highest BCUT2D eigenvalue weighted by molar-refractivity contribution is 6.03. The first-order valence-corrected chi connectivity index (χ1v) is 13.9. The highest BCUT2D eigenvalue weighted by atomic mass is 16.6. The molecule has 1 unspecified atom stereocenters. The maximum absolute atomic E-state index is 13.1. The molecule has 0 N–H and O–H groups in total. The van der Waals surface area contributed by atoms with Gasteiger partial charge in [0, 0.05) is 25.2 Å². The SMILES string of the molecule is CCC(CCOc1cc2c(cc1OC)C(=O)N1CCC[C@H]1C=N2)Oc1ccc(Oc2ccc(OC)cc2)c([N+](=O)[O-])c1. The third-order valence-corrected chi connectivity index (χ3v) is 7.33. The molecule has 42 heavy (non-hydrogen) atoms. The Hall–Kier alpha value is -4.80. The fourth-order valence-electron chi connectivity index (χ4n) is 5.03. The second kappa shape index (κ2) is 12.8. The molecule has 220 valence electrons. The second-order valence-corrected chi connectivity index (χ2v) is 9.96. The summed E-state index contributed by atoms with van der Waals surface area (Å²) >= 11 is 0. The summed E-state index contributed by atoms with van der Waals surface area (Å²) in [7, 11) is 3.09. The molecular formula is C31H33N3O8. The third-order valence-electron chi connectivity index (χ3n) is 7.33. The molecule has 0 saturated carbocycles. The van der Waals surface area contributed by atoms with Crippen molar-refractivity contribution < 1.29 is 33.4 Å². The van der Waals surface area contributed by atoms with Crippen molar-refractivity contribution in [2.45, 2.75) is 44.8 Å². The average molecular weight is 576 g/mol. The van der Waals surface area contributed by atoms with E-state index < -0.39 is 4.92 Å². The van der Waals surface area contributed by atoms with Crippen molar-refractivity contribution in [3.63, 3.8) is 0 Å². The summed E-state index contributed by atoms with van der Waals surface area (Å²) in [6.07, 6.45) is 4.60. The minimum absolute atomic E-state index is 0.0154. The van der Waals surface area contributed by atoms with Gasteiger partial charge < -0.3 is 28.6 Å². The highest BCUT2D eigenvalue weighted by Crippen LogP contribution is 2.39. The van der Waals surface area contributed by atoms with Crippen LogP contribution in [0, 0.1) is 10.1 Å². The van der Waals surface area contributed by atoms with Crippen LogP contribution in [0.5, 0.6) is 34.5 Å². The van der Waals surface area contributed by atoms with E-state index >= 15 is 0 Å². The number of hydrogen-bond donors (Lipinski definition) is 0. The van der Waals surface area contributed by atoms with Gasteiger partial charge in [-0.3, -0.25) is 19.9 Å². The Balaban J connectivity index is 1.24. The summed E-state index contributed by atoms with van der Waals surface area (Å²) < 4.78 is 28.6. The zero-order valence-electron chi connectivity index (χ0n) is 23.8. The largest absolute Gasteiger partial charge is 0.497 e. The number of rotatable bonds is 12. The summed E-state index contributed by atoms with van der Waals surface area (Å²) in [4.78, 5) is 30.8. The van der Waals surface area contributed by atoms with Crippen molar-refractivity contribution in [2.75, 3.05) is 27.4 Å². The Morgan fingerprint density at radius 2 is 1.76 bits per heavy atom. The van der Waals surface area contributed by atoms with Gasteiger partial charge in [0.2, 0.25) is 5.75 Å². The molecule has 1 fully saturated rings. The molecule has 3 aromatic carbocycles. The summed E-state index contributed by atoms with van der Waals surface area (Å²) in [5.41, 5.74) is 0.841. The molecular weight excluding hydrogens is 542 g/mol. The van der Waals surface area contributed by atoms with Gasteiger partial charge in [0.1, 0.15) is 23.4 Å². The number of carbonyl (C=O) groups excluding carboxylic acids is 1. The normalized spacial score (nSPS) is 16.2.